The first kappa shape index (κ1) is 33.2. The summed E-state index contributed by atoms with van der Waals surface area (Å²) in [5.74, 6) is 0. The Balaban J connectivity index is 1.54. The maximum Gasteiger partial charge on any atom is 0.333 e. The van der Waals surface area contributed by atoms with Gasteiger partial charge in [-0.1, -0.05) is 137 Å². The van der Waals surface area contributed by atoms with Gasteiger partial charge in [0, 0.05) is 44.4 Å². The van der Waals surface area contributed by atoms with Crippen molar-refractivity contribution in [3.05, 3.63) is 112 Å². The molecule has 8 rings (SSSR count). The number of benzene rings is 5. The van der Waals surface area contributed by atoms with Gasteiger partial charge in [0.2, 0.25) is 0 Å². The second-order valence-electron chi connectivity index (χ2n) is 18.9. The first-order valence-electron chi connectivity index (χ1n) is 18.3. The second kappa shape index (κ2) is 10.5. The van der Waals surface area contributed by atoms with Gasteiger partial charge < -0.3 is 9.38 Å². The SMILES string of the molecule is CC(C)(C)c1ccc(N2c3ccc(C(C)(C)C)cc3B3c4c(cc(C(C)(C)C)cc42)-c2ccc(Cl)c4c5cc(C(C)(C)C)ccc5n3c24)cc1. The van der Waals surface area contributed by atoms with Gasteiger partial charge in [-0.15, -0.1) is 0 Å². The van der Waals surface area contributed by atoms with Gasteiger partial charge in [-0.3, -0.25) is 0 Å². The van der Waals surface area contributed by atoms with Crippen LogP contribution in [0.4, 0.5) is 17.1 Å². The zero-order chi connectivity index (χ0) is 35.9. The lowest BCUT2D eigenvalue weighted by atomic mass is 9.44. The molecule has 0 fully saturated rings. The molecule has 254 valence electrons. The lowest BCUT2D eigenvalue weighted by molar-refractivity contribution is 0.590. The Labute approximate surface area is 304 Å². The van der Waals surface area contributed by atoms with Crippen LogP contribution in [0.15, 0.2) is 84.9 Å². The van der Waals surface area contributed by atoms with Gasteiger partial charge in [-0.05, 0) is 103 Å². The Morgan fingerprint density at radius 1 is 0.520 bits per heavy atom. The lowest BCUT2D eigenvalue weighted by Gasteiger charge is -2.42. The van der Waals surface area contributed by atoms with E-state index in [1.165, 1.54) is 77.8 Å². The number of nitrogens with zero attached hydrogens (tertiary/aromatic N) is 2. The number of hydrogen-bond donors (Lipinski definition) is 0. The summed E-state index contributed by atoms with van der Waals surface area (Å²) in [7, 11) is 0. The molecule has 6 aromatic rings. The summed E-state index contributed by atoms with van der Waals surface area (Å²) in [6.45, 7) is 27.7. The standard InChI is InChI=1S/C46H50BClN2/c1-43(2,3)27-13-17-31(18-14-27)49-38-22-16-29(45(7,8)9)25-35(38)47-41-33(24-30(26-39(41)49)46(10,11)12)32-19-20-36(48)40-34-23-28(44(4,5)6)15-21-37(34)50(47)42(32)40/h13-26H,1-12H3. The number of rotatable bonds is 1. The number of anilines is 3. The first-order valence-corrected chi connectivity index (χ1v) is 18.6. The molecular weight excluding hydrogens is 627 g/mol. The zero-order valence-electron chi connectivity index (χ0n) is 31.9. The third kappa shape index (κ3) is 4.90. The molecule has 1 aromatic heterocycles. The monoisotopic (exact) mass is 676 g/mol. The number of hydrogen-bond acceptors (Lipinski definition) is 1. The van der Waals surface area contributed by atoms with Crippen LogP contribution >= 0.6 is 11.6 Å². The fourth-order valence-corrected chi connectivity index (χ4v) is 8.50. The summed E-state index contributed by atoms with van der Waals surface area (Å²) in [6, 6.07) is 33.0. The Morgan fingerprint density at radius 2 is 1.10 bits per heavy atom. The van der Waals surface area contributed by atoms with E-state index in [0.717, 1.165) is 10.4 Å². The topological polar surface area (TPSA) is 8.17 Å². The molecule has 0 amide bonds. The van der Waals surface area contributed by atoms with Crippen LogP contribution in [-0.4, -0.2) is 11.3 Å². The quantitative estimate of drug-likeness (QED) is 0.157. The smallest absolute Gasteiger partial charge is 0.333 e. The van der Waals surface area contributed by atoms with E-state index in [4.69, 9.17) is 11.6 Å². The van der Waals surface area contributed by atoms with Crippen LogP contribution in [0.25, 0.3) is 32.9 Å². The van der Waals surface area contributed by atoms with E-state index in [2.05, 4.69) is 177 Å². The summed E-state index contributed by atoms with van der Waals surface area (Å²) in [5.41, 5.74) is 16.8. The van der Waals surface area contributed by atoms with Crippen LogP contribution in [0.2, 0.25) is 5.02 Å². The molecule has 0 atom stereocenters. The van der Waals surface area contributed by atoms with Crippen molar-refractivity contribution in [2.45, 2.75) is 105 Å². The average molecular weight is 677 g/mol. The molecule has 4 heteroatoms. The van der Waals surface area contributed by atoms with E-state index in [1.807, 2.05) is 0 Å². The number of aromatic nitrogens is 1. The largest absolute Gasteiger partial charge is 0.375 e. The fourth-order valence-electron chi connectivity index (χ4n) is 8.24. The minimum atomic E-state index is -0.0452. The van der Waals surface area contributed by atoms with Gasteiger partial charge in [0.15, 0.2) is 0 Å². The molecular formula is C46H50BClN2. The zero-order valence-corrected chi connectivity index (χ0v) is 32.7. The molecule has 5 aromatic carbocycles. The van der Waals surface area contributed by atoms with Crippen molar-refractivity contribution in [1.82, 2.24) is 4.48 Å². The molecule has 50 heavy (non-hydrogen) atoms. The van der Waals surface area contributed by atoms with Gasteiger partial charge in [0.05, 0.1) is 5.02 Å². The van der Waals surface area contributed by atoms with Crippen molar-refractivity contribution in [1.29, 1.82) is 0 Å². The highest BCUT2D eigenvalue weighted by atomic mass is 35.5. The van der Waals surface area contributed by atoms with Crippen LogP contribution in [0.1, 0.15) is 105 Å². The van der Waals surface area contributed by atoms with Gasteiger partial charge >= 0.3 is 6.85 Å². The number of fused-ring (bicyclic) bond motifs is 7. The maximum absolute atomic E-state index is 7.25. The van der Waals surface area contributed by atoms with Crippen LogP contribution in [0.3, 0.4) is 0 Å². The lowest BCUT2D eigenvalue weighted by Crippen LogP contribution is -2.57. The summed E-state index contributed by atoms with van der Waals surface area (Å²) < 4.78 is 2.63. The van der Waals surface area contributed by atoms with Gasteiger partial charge in [0.25, 0.3) is 0 Å². The molecule has 0 unspecified atom stereocenters. The van der Waals surface area contributed by atoms with Crippen LogP contribution in [0, 0.1) is 0 Å². The highest BCUT2D eigenvalue weighted by Crippen LogP contribution is 2.49. The molecule has 0 bridgehead atoms. The summed E-state index contributed by atoms with van der Waals surface area (Å²) in [6.07, 6.45) is 0. The highest BCUT2D eigenvalue weighted by Gasteiger charge is 2.44. The molecule has 0 N–H and O–H groups in total. The van der Waals surface area contributed by atoms with Gasteiger partial charge in [-0.25, -0.2) is 0 Å². The molecule has 0 radical (unpaired) electrons. The molecule has 2 aliphatic heterocycles. The van der Waals surface area contributed by atoms with Gasteiger partial charge in [-0.2, -0.15) is 0 Å². The normalized spacial score (nSPS) is 14.4. The molecule has 0 saturated heterocycles. The molecule has 0 spiro atoms. The summed E-state index contributed by atoms with van der Waals surface area (Å²) >= 11 is 7.25. The van der Waals surface area contributed by atoms with E-state index in [9.17, 15) is 0 Å². The molecule has 0 aliphatic carbocycles. The van der Waals surface area contributed by atoms with Crippen LogP contribution < -0.4 is 15.8 Å². The molecule has 2 nitrogen and oxygen atoms in total. The van der Waals surface area contributed by atoms with Crippen molar-refractivity contribution >= 4 is 68.2 Å². The second-order valence-corrected chi connectivity index (χ2v) is 19.3. The van der Waals surface area contributed by atoms with E-state index < -0.39 is 0 Å². The molecule has 0 saturated carbocycles. The molecule has 2 aliphatic rings. The maximum atomic E-state index is 7.25. The van der Waals surface area contributed by atoms with Crippen LogP contribution in [-0.2, 0) is 21.7 Å². The van der Waals surface area contributed by atoms with Crippen molar-refractivity contribution in [3.63, 3.8) is 0 Å². The minimum Gasteiger partial charge on any atom is -0.375 e. The Bertz CT molecular complexity index is 2370. The Hall–Kier alpha value is -3.95. The van der Waals surface area contributed by atoms with E-state index >= 15 is 0 Å². The third-order valence-electron chi connectivity index (χ3n) is 11.3. The molecule has 3 heterocycles. The first-order chi connectivity index (χ1) is 23.2. The third-order valence-corrected chi connectivity index (χ3v) is 11.6. The highest BCUT2D eigenvalue weighted by molar-refractivity contribution is 6.90. The predicted octanol–water partition coefficient (Wildman–Crippen LogP) is 12.1. The van der Waals surface area contributed by atoms with E-state index in [1.54, 1.807) is 0 Å². The summed E-state index contributed by atoms with van der Waals surface area (Å²) in [4.78, 5) is 2.54. The Morgan fingerprint density at radius 3 is 1.72 bits per heavy atom. The minimum absolute atomic E-state index is 0.00101. The summed E-state index contributed by atoms with van der Waals surface area (Å²) in [5, 5.41) is 3.21. The predicted molar refractivity (Wildman–Crippen MR) is 220 cm³/mol. The van der Waals surface area contributed by atoms with E-state index in [0.29, 0.717) is 0 Å². The van der Waals surface area contributed by atoms with Gasteiger partial charge in [0.1, 0.15) is 0 Å². The van der Waals surface area contributed by atoms with Crippen molar-refractivity contribution < 1.29 is 0 Å². The van der Waals surface area contributed by atoms with Crippen LogP contribution in [0.5, 0.6) is 0 Å². The van der Waals surface area contributed by atoms with E-state index in [-0.39, 0.29) is 28.5 Å². The Kier molecular flexibility index (Phi) is 7.01. The fraction of sp³-hybridized carbons (Fsp3) is 0.348. The average Bonchev–Trinajstić information content (AvgIpc) is 3.37. The van der Waals surface area contributed by atoms with Crippen molar-refractivity contribution in [3.8, 4) is 11.1 Å². The number of halogens is 1. The van der Waals surface area contributed by atoms with Crippen molar-refractivity contribution in [2.75, 3.05) is 4.90 Å². The van der Waals surface area contributed by atoms with Crippen molar-refractivity contribution in [2.24, 2.45) is 0 Å².